The van der Waals surface area contributed by atoms with Crippen LogP contribution in [0.5, 0.6) is 0 Å². The normalized spacial score (nSPS) is 26.8. The first kappa shape index (κ1) is 16.3. The second-order valence-corrected chi connectivity index (χ2v) is 8.16. The van der Waals surface area contributed by atoms with E-state index in [9.17, 15) is 8.42 Å². The van der Waals surface area contributed by atoms with Gasteiger partial charge in [0.15, 0.2) is 0 Å². The lowest BCUT2D eigenvalue weighted by Crippen LogP contribution is -2.43. The lowest BCUT2D eigenvalue weighted by atomic mass is 9.78. The van der Waals surface area contributed by atoms with Crippen molar-refractivity contribution in [3.8, 4) is 0 Å². The number of anilines is 1. The van der Waals surface area contributed by atoms with Crippen molar-refractivity contribution < 1.29 is 8.42 Å². The van der Waals surface area contributed by atoms with Crippen LogP contribution < -0.4 is 10.5 Å². The van der Waals surface area contributed by atoms with Crippen LogP contribution in [-0.4, -0.2) is 14.5 Å². The SMILES string of the molecule is Cc1cc(S(=O)(=O)NC2CCCC(C)C2C)cc(N)c1C. The molecule has 1 aliphatic rings. The first-order valence-electron chi connectivity index (χ1n) is 7.61. The van der Waals surface area contributed by atoms with Crippen molar-refractivity contribution >= 4 is 15.7 Å². The van der Waals surface area contributed by atoms with Gasteiger partial charge in [-0.3, -0.25) is 0 Å². The molecule has 21 heavy (non-hydrogen) atoms. The molecule has 0 spiro atoms. The zero-order chi connectivity index (χ0) is 15.8. The van der Waals surface area contributed by atoms with Gasteiger partial charge in [0.25, 0.3) is 0 Å². The van der Waals surface area contributed by atoms with Gasteiger partial charge in [-0.2, -0.15) is 0 Å². The van der Waals surface area contributed by atoms with E-state index in [1.165, 1.54) is 6.42 Å². The maximum Gasteiger partial charge on any atom is 0.240 e. The monoisotopic (exact) mass is 310 g/mol. The minimum atomic E-state index is -3.51. The largest absolute Gasteiger partial charge is 0.398 e. The molecule has 1 aromatic carbocycles. The molecule has 0 radical (unpaired) electrons. The van der Waals surface area contributed by atoms with E-state index in [0.717, 1.165) is 24.0 Å². The number of nitrogens with two attached hydrogens (primary N) is 1. The highest BCUT2D eigenvalue weighted by Gasteiger charge is 2.31. The number of nitrogens with one attached hydrogen (secondary N) is 1. The smallest absolute Gasteiger partial charge is 0.240 e. The fourth-order valence-corrected chi connectivity index (χ4v) is 4.50. The van der Waals surface area contributed by atoms with Gasteiger partial charge in [-0.1, -0.05) is 26.7 Å². The second kappa shape index (κ2) is 5.97. The molecule has 1 aromatic rings. The Morgan fingerprint density at radius 2 is 1.86 bits per heavy atom. The quantitative estimate of drug-likeness (QED) is 0.843. The van der Waals surface area contributed by atoms with E-state index in [2.05, 4.69) is 18.6 Å². The molecule has 1 aliphatic carbocycles. The zero-order valence-corrected chi connectivity index (χ0v) is 14.1. The Morgan fingerprint density at radius 3 is 2.48 bits per heavy atom. The van der Waals surface area contributed by atoms with E-state index in [-0.39, 0.29) is 10.9 Å². The molecule has 0 heterocycles. The predicted octanol–water partition coefficient (Wildman–Crippen LogP) is 2.99. The molecule has 3 N–H and O–H groups in total. The number of hydrogen-bond donors (Lipinski definition) is 2. The summed E-state index contributed by atoms with van der Waals surface area (Å²) >= 11 is 0. The van der Waals surface area contributed by atoms with E-state index in [0.29, 0.717) is 17.5 Å². The van der Waals surface area contributed by atoms with Crippen molar-refractivity contribution in [1.29, 1.82) is 0 Å². The van der Waals surface area contributed by atoms with Crippen LogP contribution in [0.4, 0.5) is 5.69 Å². The Kier molecular flexibility index (Phi) is 4.63. The summed E-state index contributed by atoms with van der Waals surface area (Å²) in [5, 5.41) is 0. The third kappa shape index (κ3) is 3.40. The topological polar surface area (TPSA) is 72.2 Å². The zero-order valence-electron chi connectivity index (χ0n) is 13.3. The van der Waals surface area contributed by atoms with Gasteiger partial charge in [-0.05, 0) is 55.4 Å². The van der Waals surface area contributed by atoms with Gasteiger partial charge in [0.05, 0.1) is 4.90 Å². The van der Waals surface area contributed by atoms with Crippen LogP contribution in [0, 0.1) is 25.7 Å². The molecule has 118 valence electrons. The van der Waals surface area contributed by atoms with E-state index >= 15 is 0 Å². The molecule has 0 amide bonds. The number of sulfonamides is 1. The van der Waals surface area contributed by atoms with Crippen molar-refractivity contribution in [1.82, 2.24) is 4.72 Å². The van der Waals surface area contributed by atoms with Crippen LogP contribution in [0.3, 0.4) is 0 Å². The van der Waals surface area contributed by atoms with Gasteiger partial charge in [0.2, 0.25) is 10.0 Å². The second-order valence-electron chi connectivity index (χ2n) is 6.45. The van der Waals surface area contributed by atoms with E-state index in [1.807, 2.05) is 13.8 Å². The molecule has 4 nitrogen and oxygen atoms in total. The minimum Gasteiger partial charge on any atom is -0.398 e. The van der Waals surface area contributed by atoms with Crippen LogP contribution in [0.25, 0.3) is 0 Å². The van der Waals surface area contributed by atoms with Crippen LogP contribution >= 0.6 is 0 Å². The average Bonchev–Trinajstić information content (AvgIpc) is 2.40. The Morgan fingerprint density at radius 1 is 1.19 bits per heavy atom. The van der Waals surface area contributed by atoms with Crippen molar-refractivity contribution in [3.63, 3.8) is 0 Å². The number of hydrogen-bond acceptors (Lipinski definition) is 3. The average molecular weight is 310 g/mol. The molecule has 2 rings (SSSR count). The maximum atomic E-state index is 12.6. The molecular weight excluding hydrogens is 284 g/mol. The van der Waals surface area contributed by atoms with Crippen molar-refractivity contribution in [2.45, 2.75) is 57.9 Å². The summed E-state index contributed by atoms with van der Waals surface area (Å²) in [6.07, 6.45) is 3.16. The number of nitrogen functional groups attached to an aromatic ring is 1. The Bertz CT molecular complexity index is 602. The van der Waals surface area contributed by atoms with Crippen LogP contribution in [0.1, 0.15) is 44.2 Å². The molecular formula is C16H26N2O2S. The summed E-state index contributed by atoms with van der Waals surface area (Å²) in [6.45, 7) is 8.11. The van der Waals surface area contributed by atoms with E-state index < -0.39 is 10.0 Å². The molecule has 0 bridgehead atoms. The van der Waals surface area contributed by atoms with Gasteiger partial charge in [0.1, 0.15) is 0 Å². The molecule has 3 atom stereocenters. The van der Waals surface area contributed by atoms with Crippen molar-refractivity contribution in [2.24, 2.45) is 11.8 Å². The molecule has 5 heteroatoms. The van der Waals surface area contributed by atoms with E-state index in [1.54, 1.807) is 12.1 Å². The number of rotatable bonds is 3. The Hall–Kier alpha value is -1.07. The number of benzene rings is 1. The molecule has 0 aromatic heterocycles. The summed E-state index contributed by atoms with van der Waals surface area (Å²) in [7, 11) is -3.51. The third-order valence-electron chi connectivity index (χ3n) is 5.00. The minimum absolute atomic E-state index is 0.0154. The van der Waals surface area contributed by atoms with Gasteiger partial charge in [0, 0.05) is 11.7 Å². The molecule has 0 saturated heterocycles. The maximum absolute atomic E-state index is 12.6. The Labute approximate surface area is 128 Å². The summed E-state index contributed by atoms with van der Waals surface area (Å²) in [5.41, 5.74) is 8.28. The van der Waals surface area contributed by atoms with Crippen LogP contribution in [0.2, 0.25) is 0 Å². The lowest BCUT2D eigenvalue weighted by Gasteiger charge is -2.34. The molecule has 0 aliphatic heterocycles. The van der Waals surface area contributed by atoms with Crippen molar-refractivity contribution in [3.05, 3.63) is 23.3 Å². The predicted molar refractivity (Wildman–Crippen MR) is 86.6 cm³/mol. The Balaban J connectivity index is 2.26. The van der Waals surface area contributed by atoms with Crippen LogP contribution in [0.15, 0.2) is 17.0 Å². The molecule has 1 fully saturated rings. The summed E-state index contributed by atoms with van der Waals surface area (Å²) in [4.78, 5) is 0.272. The first-order valence-corrected chi connectivity index (χ1v) is 9.09. The highest BCUT2D eigenvalue weighted by molar-refractivity contribution is 7.89. The highest BCUT2D eigenvalue weighted by atomic mass is 32.2. The van der Waals surface area contributed by atoms with Gasteiger partial charge >= 0.3 is 0 Å². The van der Waals surface area contributed by atoms with Gasteiger partial charge < -0.3 is 5.73 Å². The lowest BCUT2D eigenvalue weighted by molar-refractivity contribution is 0.227. The summed E-state index contributed by atoms with van der Waals surface area (Å²) < 4.78 is 28.1. The first-order chi connectivity index (χ1) is 9.72. The standard InChI is InChI=1S/C16H26N2O2S/c1-10-6-5-7-16(13(10)4)18-21(19,20)14-8-11(2)12(3)15(17)9-14/h8-10,13,16,18H,5-7,17H2,1-4H3. The van der Waals surface area contributed by atoms with Crippen LogP contribution in [-0.2, 0) is 10.0 Å². The van der Waals surface area contributed by atoms with Crippen molar-refractivity contribution in [2.75, 3.05) is 5.73 Å². The molecule has 1 saturated carbocycles. The third-order valence-corrected chi connectivity index (χ3v) is 6.47. The van der Waals surface area contributed by atoms with E-state index in [4.69, 9.17) is 5.73 Å². The summed E-state index contributed by atoms with van der Waals surface area (Å²) in [5.74, 6) is 0.911. The number of aryl methyl sites for hydroxylation is 1. The molecule has 3 unspecified atom stereocenters. The summed E-state index contributed by atoms with van der Waals surface area (Å²) in [6, 6.07) is 3.27. The highest BCUT2D eigenvalue weighted by Crippen LogP contribution is 2.31. The fourth-order valence-electron chi connectivity index (χ4n) is 3.02. The van der Waals surface area contributed by atoms with Gasteiger partial charge in [-0.15, -0.1) is 0 Å². The van der Waals surface area contributed by atoms with Gasteiger partial charge in [-0.25, -0.2) is 13.1 Å². The fraction of sp³-hybridized carbons (Fsp3) is 0.625.